The van der Waals surface area contributed by atoms with Gasteiger partial charge in [-0.05, 0) is 38.1 Å². The van der Waals surface area contributed by atoms with Crippen molar-refractivity contribution in [1.82, 2.24) is 24.7 Å². The summed E-state index contributed by atoms with van der Waals surface area (Å²) in [5.41, 5.74) is 3.13. The van der Waals surface area contributed by atoms with Crippen molar-refractivity contribution in [2.75, 3.05) is 5.32 Å². The van der Waals surface area contributed by atoms with Crippen LogP contribution in [0.4, 0.5) is 9.52 Å². The van der Waals surface area contributed by atoms with Crippen LogP contribution in [-0.4, -0.2) is 30.6 Å². The van der Waals surface area contributed by atoms with Gasteiger partial charge in [-0.2, -0.15) is 5.10 Å². The minimum atomic E-state index is -0.414. The molecule has 1 aromatic carbocycles. The van der Waals surface area contributed by atoms with Gasteiger partial charge in [0.25, 0.3) is 5.91 Å². The zero-order chi connectivity index (χ0) is 22.9. The average molecular weight is 459 g/mol. The predicted molar refractivity (Wildman–Crippen MR) is 127 cm³/mol. The van der Waals surface area contributed by atoms with E-state index in [-0.39, 0.29) is 11.6 Å². The molecule has 0 aliphatic heterocycles. The van der Waals surface area contributed by atoms with Crippen molar-refractivity contribution in [1.29, 1.82) is 0 Å². The molecule has 5 rings (SSSR count). The molecule has 7 nitrogen and oxygen atoms in total. The number of hydrogen-bond acceptors (Lipinski definition) is 6. The molecule has 1 amide bonds. The third-order valence-electron chi connectivity index (χ3n) is 5.14. The summed E-state index contributed by atoms with van der Waals surface area (Å²) in [6.45, 7) is 3.86. The van der Waals surface area contributed by atoms with Crippen LogP contribution in [0.2, 0.25) is 0 Å². The number of amides is 1. The number of nitrogens with one attached hydrogen (secondary N) is 1. The zero-order valence-electron chi connectivity index (χ0n) is 17.9. The summed E-state index contributed by atoms with van der Waals surface area (Å²) in [7, 11) is 0. The summed E-state index contributed by atoms with van der Waals surface area (Å²) in [5, 5.41) is 10.4. The molecular weight excluding hydrogens is 439 g/mol. The lowest BCUT2D eigenvalue weighted by molar-refractivity contribution is 0.102. The lowest BCUT2D eigenvalue weighted by atomic mass is 10.1. The van der Waals surface area contributed by atoms with Crippen molar-refractivity contribution in [2.24, 2.45) is 0 Å². The van der Waals surface area contributed by atoms with Gasteiger partial charge in [0, 0.05) is 28.6 Å². The maximum absolute atomic E-state index is 14.6. The first-order valence-corrected chi connectivity index (χ1v) is 11.2. The van der Waals surface area contributed by atoms with Crippen LogP contribution in [-0.2, 0) is 0 Å². The van der Waals surface area contributed by atoms with Crippen molar-refractivity contribution in [2.45, 2.75) is 19.9 Å². The van der Waals surface area contributed by atoms with Gasteiger partial charge in [0.2, 0.25) is 0 Å². The summed E-state index contributed by atoms with van der Waals surface area (Å²) < 4.78 is 16.2. The minimum Gasteiger partial charge on any atom is -0.298 e. The van der Waals surface area contributed by atoms with Gasteiger partial charge < -0.3 is 0 Å². The number of fused-ring (bicyclic) bond motifs is 1. The molecule has 0 unspecified atom stereocenters. The Balaban J connectivity index is 1.45. The van der Waals surface area contributed by atoms with Gasteiger partial charge in [-0.3, -0.25) is 19.8 Å². The fourth-order valence-electron chi connectivity index (χ4n) is 3.56. The van der Waals surface area contributed by atoms with Crippen LogP contribution >= 0.6 is 11.3 Å². The molecule has 0 aliphatic carbocycles. The van der Waals surface area contributed by atoms with Crippen LogP contribution in [0.3, 0.4) is 0 Å². The number of halogens is 1. The summed E-state index contributed by atoms with van der Waals surface area (Å²) in [4.78, 5) is 26.4. The Labute approximate surface area is 193 Å². The maximum Gasteiger partial charge on any atom is 0.261 e. The second-order valence-electron chi connectivity index (χ2n) is 7.68. The topological polar surface area (TPSA) is 85.6 Å². The zero-order valence-corrected chi connectivity index (χ0v) is 18.7. The van der Waals surface area contributed by atoms with E-state index < -0.39 is 11.7 Å². The highest BCUT2D eigenvalue weighted by molar-refractivity contribution is 7.14. The average Bonchev–Trinajstić information content (AvgIpc) is 3.46. The number of rotatable bonds is 5. The number of hydrogen-bond donors (Lipinski definition) is 1. The van der Waals surface area contributed by atoms with E-state index in [4.69, 9.17) is 0 Å². The SMILES string of the molecule is CC(C)n1ncc(C(=O)Nc2nc(-c3ccc4ccncc4n3)cs2)c1-c1ccccc1F. The second-order valence-corrected chi connectivity index (χ2v) is 8.54. The fraction of sp³-hybridized carbons (Fsp3) is 0.125. The Hall–Kier alpha value is -3.98. The summed E-state index contributed by atoms with van der Waals surface area (Å²) in [5.74, 6) is -0.820. The molecule has 0 bridgehead atoms. The first kappa shape index (κ1) is 20.9. The standard InChI is InChI=1S/C24H19FN6OS/c1-14(2)31-22(16-5-3-4-6-18(16)25)17(11-27-31)23(32)30-24-29-21(13-33-24)19-8-7-15-9-10-26-12-20(15)28-19/h3-14H,1-2H3,(H,29,30,32). The second kappa shape index (κ2) is 8.51. The number of anilines is 1. The van der Waals surface area contributed by atoms with Crippen LogP contribution in [0.25, 0.3) is 33.5 Å². The number of nitrogens with zero attached hydrogens (tertiary/aromatic N) is 5. The van der Waals surface area contributed by atoms with Crippen molar-refractivity contribution < 1.29 is 9.18 Å². The molecule has 0 spiro atoms. The molecule has 0 aliphatic rings. The van der Waals surface area contributed by atoms with E-state index in [9.17, 15) is 9.18 Å². The predicted octanol–water partition coefficient (Wildman–Crippen LogP) is 5.59. The van der Waals surface area contributed by atoms with Gasteiger partial charge in [-0.25, -0.2) is 14.4 Å². The molecule has 5 aromatic rings. The number of carbonyl (C=O) groups excluding carboxylic acids is 1. The summed E-state index contributed by atoms with van der Waals surface area (Å²) in [6.07, 6.45) is 4.88. The van der Waals surface area contributed by atoms with Gasteiger partial charge in [0.05, 0.1) is 34.9 Å². The van der Waals surface area contributed by atoms with Gasteiger partial charge in [-0.15, -0.1) is 11.3 Å². The Morgan fingerprint density at radius 3 is 2.73 bits per heavy atom. The normalized spacial score (nSPS) is 11.3. The number of benzene rings is 1. The number of aromatic nitrogens is 5. The quantitative estimate of drug-likeness (QED) is 0.371. The number of thiazole rings is 1. The van der Waals surface area contributed by atoms with Crippen molar-refractivity contribution in [3.8, 4) is 22.6 Å². The molecule has 0 radical (unpaired) electrons. The third kappa shape index (κ3) is 3.98. The lowest BCUT2D eigenvalue weighted by Gasteiger charge is -2.13. The van der Waals surface area contributed by atoms with E-state index in [2.05, 4.69) is 25.4 Å². The minimum absolute atomic E-state index is 0.0545. The van der Waals surface area contributed by atoms with Gasteiger partial charge in [0.15, 0.2) is 5.13 Å². The molecular formula is C24H19FN6OS. The van der Waals surface area contributed by atoms with Crippen LogP contribution < -0.4 is 5.32 Å². The van der Waals surface area contributed by atoms with Gasteiger partial charge in [0.1, 0.15) is 11.5 Å². The fourth-order valence-corrected chi connectivity index (χ4v) is 4.26. The molecule has 4 heterocycles. The van der Waals surface area contributed by atoms with Crippen molar-refractivity contribution in [3.05, 3.63) is 77.8 Å². The molecule has 33 heavy (non-hydrogen) atoms. The Morgan fingerprint density at radius 1 is 1.06 bits per heavy atom. The Bertz CT molecular complexity index is 1470. The van der Waals surface area contributed by atoms with E-state index in [0.29, 0.717) is 27.8 Å². The molecule has 0 atom stereocenters. The largest absolute Gasteiger partial charge is 0.298 e. The van der Waals surface area contributed by atoms with Crippen LogP contribution in [0, 0.1) is 5.82 Å². The van der Waals surface area contributed by atoms with Crippen LogP contribution in [0.5, 0.6) is 0 Å². The van der Waals surface area contributed by atoms with E-state index in [1.54, 1.807) is 35.3 Å². The highest BCUT2D eigenvalue weighted by Crippen LogP contribution is 2.30. The van der Waals surface area contributed by atoms with E-state index >= 15 is 0 Å². The Morgan fingerprint density at radius 2 is 1.91 bits per heavy atom. The van der Waals surface area contributed by atoms with Gasteiger partial charge >= 0.3 is 0 Å². The smallest absolute Gasteiger partial charge is 0.261 e. The highest BCUT2D eigenvalue weighted by Gasteiger charge is 2.23. The first-order chi connectivity index (χ1) is 16.0. The molecule has 9 heteroatoms. The van der Waals surface area contributed by atoms with E-state index in [1.807, 2.05) is 37.4 Å². The Kier molecular flexibility index (Phi) is 5.39. The van der Waals surface area contributed by atoms with Gasteiger partial charge in [-0.1, -0.05) is 18.2 Å². The number of carbonyl (C=O) groups is 1. The highest BCUT2D eigenvalue weighted by atomic mass is 32.1. The van der Waals surface area contributed by atoms with Crippen molar-refractivity contribution in [3.63, 3.8) is 0 Å². The molecule has 4 aromatic heterocycles. The molecule has 164 valence electrons. The van der Waals surface area contributed by atoms with E-state index in [0.717, 1.165) is 10.9 Å². The molecule has 0 saturated heterocycles. The maximum atomic E-state index is 14.6. The summed E-state index contributed by atoms with van der Waals surface area (Å²) in [6, 6.07) is 12.0. The van der Waals surface area contributed by atoms with E-state index in [1.165, 1.54) is 23.6 Å². The van der Waals surface area contributed by atoms with Crippen LogP contribution in [0.15, 0.2) is 66.4 Å². The van der Waals surface area contributed by atoms with Crippen molar-refractivity contribution >= 4 is 33.3 Å². The lowest BCUT2D eigenvalue weighted by Crippen LogP contribution is -2.14. The molecule has 0 fully saturated rings. The first-order valence-electron chi connectivity index (χ1n) is 10.3. The molecule has 0 saturated carbocycles. The monoisotopic (exact) mass is 458 g/mol. The number of pyridine rings is 2. The molecule has 1 N–H and O–H groups in total. The van der Waals surface area contributed by atoms with Crippen LogP contribution in [0.1, 0.15) is 30.2 Å². The third-order valence-corrected chi connectivity index (χ3v) is 5.90. The summed E-state index contributed by atoms with van der Waals surface area (Å²) >= 11 is 1.29.